The number of aryl methyl sites for hydroxylation is 2. The maximum atomic E-state index is 12.1. The number of benzene rings is 1. The van der Waals surface area contributed by atoms with Gasteiger partial charge in [0.05, 0.1) is 0 Å². The van der Waals surface area contributed by atoms with Gasteiger partial charge in [0, 0.05) is 27.1 Å². The maximum Gasteiger partial charge on any atom is 0.378 e. The van der Waals surface area contributed by atoms with Crippen molar-refractivity contribution in [3.05, 3.63) is 52.6 Å². The molecule has 6 nitrogen and oxygen atoms in total. The van der Waals surface area contributed by atoms with Crippen molar-refractivity contribution in [2.75, 3.05) is 12.4 Å². The number of hydrogen-bond donors (Lipinski definition) is 0. The predicted octanol–water partition coefficient (Wildman–Crippen LogP) is 3.34. The number of carbonyl (C=O) groups excluding carboxylic acids is 1. The van der Waals surface area contributed by atoms with Crippen LogP contribution in [0.1, 0.15) is 22.0 Å². The highest BCUT2D eigenvalue weighted by Gasteiger charge is 2.16. The van der Waals surface area contributed by atoms with Gasteiger partial charge < -0.3 is 4.74 Å². The van der Waals surface area contributed by atoms with Crippen molar-refractivity contribution < 1.29 is 9.53 Å². The maximum absolute atomic E-state index is 12.1. The lowest BCUT2D eigenvalue weighted by atomic mass is 10.4. The Morgan fingerprint density at radius 3 is 2.75 bits per heavy atom. The van der Waals surface area contributed by atoms with Gasteiger partial charge in [-0.1, -0.05) is 11.6 Å². The van der Waals surface area contributed by atoms with Gasteiger partial charge in [-0.15, -0.1) is 16.9 Å². The van der Waals surface area contributed by atoms with Gasteiger partial charge in [-0.05, 0) is 44.2 Å². The Morgan fingerprint density at radius 2 is 2.00 bits per heavy atom. The molecule has 3 rings (SSSR count). The minimum absolute atomic E-state index is 0.0210. The van der Waals surface area contributed by atoms with Crippen LogP contribution in [0.2, 0.25) is 5.02 Å². The molecule has 0 aliphatic heterocycles. The first-order chi connectivity index (χ1) is 11.5. The second kappa shape index (κ2) is 7.19. The first-order valence-corrected chi connectivity index (χ1v) is 8.66. The van der Waals surface area contributed by atoms with E-state index >= 15 is 0 Å². The summed E-state index contributed by atoms with van der Waals surface area (Å²) in [7, 11) is 0. The fourth-order valence-electron chi connectivity index (χ4n) is 2.14. The van der Waals surface area contributed by atoms with E-state index in [0.717, 1.165) is 16.3 Å². The van der Waals surface area contributed by atoms with Crippen molar-refractivity contribution in [2.45, 2.75) is 18.7 Å². The lowest BCUT2D eigenvalue weighted by Gasteiger charge is -2.03. The van der Waals surface area contributed by atoms with Crippen molar-refractivity contribution >= 4 is 35.1 Å². The molecule has 0 radical (unpaired) electrons. The van der Waals surface area contributed by atoms with E-state index in [1.807, 2.05) is 44.2 Å². The average Bonchev–Trinajstić information content (AvgIpc) is 2.97. The molecule has 0 N–H and O–H groups in total. The summed E-state index contributed by atoms with van der Waals surface area (Å²) in [6, 6.07) is 9.38. The first-order valence-electron chi connectivity index (χ1n) is 7.29. The zero-order chi connectivity index (χ0) is 17.1. The molecular weight excluding hydrogens is 348 g/mol. The Balaban J connectivity index is 1.57. The SMILES string of the molecule is Cc1cc(C)n2nc(C(=O)OCCSc3ccc(Cl)cc3)nc2n1. The van der Waals surface area contributed by atoms with Crippen molar-refractivity contribution in [1.29, 1.82) is 0 Å². The highest BCUT2D eigenvalue weighted by molar-refractivity contribution is 7.99. The Morgan fingerprint density at radius 1 is 1.25 bits per heavy atom. The van der Waals surface area contributed by atoms with Gasteiger partial charge in [0.1, 0.15) is 6.61 Å². The molecule has 0 saturated heterocycles. The van der Waals surface area contributed by atoms with Crippen LogP contribution >= 0.6 is 23.4 Å². The van der Waals surface area contributed by atoms with Crippen LogP contribution in [-0.2, 0) is 4.74 Å². The molecular formula is C16H15ClN4O2S. The van der Waals surface area contributed by atoms with Crippen LogP contribution in [0.25, 0.3) is 5.78 Å². The number of nitrogens with zero attached hydrogens (tertiary/aromatic N) is 4. The molecule has 0 amide bonds. The minimum Gasteiger partial charge on any atom is -0.459 e. The Kier molecular flexibility index (Phi) is 5.01. The quantitative estimate of drug-likeness (QED) is 0.394. The third-order valence-corrected chi connectivity index (χ3v) is 4.43. The molecule has 24 heavy (non-hydrogen) atoms. The molecule has 124 valence electrons. The average molecular weight is 363 g/mol. The lowest BCUT2D eigenvalue weighted by molar-refractivity contribution is 0.0516. The van der Waals surface area contributed by atoms with E-state index in [-0.39, 0.29) is 12.4 Å². The fraction of sp³-hybridized carbons (Fsp3) is 0.250. The number of fused-ring (bicyclic) bond motifs is 1. The molecule has 0 unspecified atom stereocenters. The van der Waals surface area contributed by atoms with Crippen molar-refractivity contribution in [3.8, 4) is 0 Å². The summed E-state index contributed by atoms with van der Waals surface area (Å²) in [4.78, 5) is 21.5. The standard InChI is InChI=1S/C16H15ClN4O2S/c1-10-9-11(2)21-16(18-10)19-14(20-21)15(22)23-7-8-24-13-5-3-12(17)4-6-13/h3-6,9H,7-8H2,1-2H3. The number of hydrogen-bond acceptors (Lipinski definition) is 6. The van der Waals surface area contributed by atoms with E-state index < -0.39 is 5.97 Å². The number of carbonyl (C=O) groups is 1. The molecule has 2 aromatic heterocycles. The first kappa shape index (κ1) is 16.7. The summed E-state index contributed by atoms with van der Waals surface area (Å²) in [5, 5.41) is 4.84. The third kappa shape index (κ3) is 3.85. The summed E-state index contributed by atoms with van der Waals surface area (Å²) in [6.45, 7) is 4.02. The van der Waals surface area contributed by atoms with Gasteiger partial charge in [-0.25, -0.2) is 14.3 Å². The molecule has 0 saturated carbocycles. The van der Waals surface area contributed by atoms with Crippen LogP contribution in [0.3, 0.4) is 0 Å². The van der Waals surface area contributed by atoms with Gasteiger partial charge >= 0.3 is 5.97 Å². The Labute approximate surface area is 148 Å². The largest absolute Gasteiger partial charge is 0.459 e. The highest BCUT2D eigenvalue weighted by Crippen LogP contribution is 2.20. The van der Waals surface area contributed by atoms with E-state index in [9.17, 15) is 4.79 Å². The molecule has 3 aromatic rings. The van der Waals surface area contributed by atoms with Crippen LogP contribution in [0.4, 0.5) is 0 Å². The minimum atomic E-state index is -0.547. The molecule has 0 bridgehead atoms. The summed E-state index contributed by atoms with van der Waals surface area (Å²) in [5.41, 5.74) is 1.69. The number of ether oxygens (including phenoxy) is 1. The fourth-order valence-corrected chi connectivity index (χ4v) is 3.00. The normalized spacial score (nSPS) is 11.0. The molecule has 8 heteroatoms. The van der Waals surface area contributed by atoms with Crippen molar-refractivity contribution in [1.82, 2.24) is 19.6 Å². The van der Waals surface area contributed by atoms with Crippen LogP contribution in [-0.4, -0.2) is 37.9 Å². The second-order valence-electron chi connectivity index (χ2n) is 5.12. The van der Waals surface area contributed by atoms with E-state index in [1.54, 1.807) is 11.8 Å². The molecule has 2 heterocycles. The molecule has 0 aliphatic rings. The van der Waals surface area contributed by atoms with Crippen LogP contribution in [0, 0.1) is 13.8 Å². The smallest absolute Gasteiger partial charge is 0.378 e. The number of rotatable bonds is 5. The highest BCUT2D eigenvalue weighted by atomic mass is 35.5. The van der Waals surface area contributed by atoms with Crippen LogP contribution in [0.15, 0.2) is 35.2 Å². The predicted molar refractivity (Wildman–Crippen MR) is 92.7 cm³/mol. The lowest BCUT2D eigenvalue weighted by Crippen LogP contribution is -2.10. The molecule has 0 atom stereocenters. The third-order valence-electron chi connectivity index (χ3n) is 3.20. The summed E-state index contributed by atoms with van der Waals surface area (Å²) in [5.74, 6) is 0.508. The number of halogens is 1. The molecule has 0 aliphatic carbocycles. The van der Waals surface area contributed by atoms with Gasteiger partial charge in [-0.3, -0.25) is 0 Å². The summed E-state index contributed by atoms with van der Waals surface area (Å²) < 4.78 is 6.76. The van der Waals surface area contributed by atoms with Gasteiger partial charge in [0.2, 0.25) is 0 Å². The van der Waals surface area contributed by atoms with E-state index in [4.69, 9.17) is 16.3 Å². The monoisotopic (exact) mass is 362 g/mol. The zero-order valence-electron chi connectivity index (χ0n) is 13.2. The molecule has 0 spiro atoms. The van der Waals surface area contributed by atoms with Gasteiger partial charge in [-0.2, -0.15) is 4.98 Å². The second-order valence-corrected chi connectivity index (χ2v) is 6.73. The topological polar surface area (TPSA) is 69.4 Å². The van der Waals surface area contributed by atoms with E-state index in [1.165, 1.54) is 4.52 Å². The summed E-state index contributed by atoms with van der Waals surface area (Å²) >= 11 is 7.42. The van der Waals surface area contributed by atoms with Crippen molar-refractivity contribution in [3.63, 3.8) is 0 Å². The Hall–Kier alpha value is -2.12. The molecule has 1 aromatic carbocycles. The van der Waals surface area contributed by atoms with Crippen molar-refractivity contribution in [2.24, 2.45) is 0 Å². The van der Waals surface area contributed by atoms with E-state index in [2.05, 4.69) is 15.1 Å². The Bertz CT molecular complexity index is 880. The molecule has 0 fully saturated rings. The zero-order valence-corrected chi connectivity index (χ0v) is 14.8. The van der Waals surface area contributed by atoms with E-state index in [0.29, 0.717) is 16.6 Å². The number of esters is 1. The number of aromatic nitrogens is 4. The van der Waals surface area contributed by atoms with Gasteiger partial charge in [0.15, 0.2) is 0 Å². The van der Waals surface area contributed by atoms with Crippen LogP contribution in [0.5, 0.6) is 0 Å². The summed E-state index contributed by atoms with van der Waals surface area (Å²) in [6.07, 6.45) is 0. The van der Waals surface area contributed by atoms with Gasteiger partial charge in [0.25, 0.3) is 11.6 Å². The van der Waals surface area contributed by atoms with Crippen LogP contribution < -0.4 is 0 Å². The number of thioether (sulfide) groups is 1.